The summed E-state index contributed by atoms with van der Waals surface area (Å²) in [6, 6.07) is 3.80. The third-order valence-corrected chi connectivity index (χ3v) is 5.40. The zero-order chi connectivity index (χ0) is 17.8. The Hall–Kier alpha value is -2.44. The van der Waals surface area contributed by atoms with E-state index in [-0.39, 0.29) is 5.91 Å². The zero-order valence-corrected chi connectivity index (χ0v) is 15.1. The Bertz CT molecular complexity index is 725. The van der Waals surface area contributed by atoms with E-state index in [0.717, 1.165) is 63.4 Å². The Labute approximate surface area is 154 Å². The molecule has 26 heavy (non-hydrogen) atoms. The van der Waals surface area contributed by atoms with E-state index in [9.17, 15) is 4.79 Å². The summed E-state index contributed by atoms with van der Waals surface area (Å²) >= 11 is 0. The SMILES string of the molecule is O=C(c1cccnc1N1CCCC(Cn2ccnn2)C1)N1CCCCC1. The van der Waals surface area contributed by atoms with Gasteiger partial charge in [0.15, 0.2) is 0 Å². The zero-order valence-electron chi connectivity index (χ0n) is 15.1. The number of anilines is 1. The van der Waals surface area contributed by atoms with Crippen molar-refractivity contribution in [1.82, 2.24) is 24.9 Å². The molecule has 0 bridgehead atoms. The second kappa shape index (κ2) is 7.85. The van der Waals surface area contributed by atoms with Gasteiger partial charge in [-0.1, -0.05) is 5.21 Å². The number of rotatable bonds is 4. The van der Waals surface area contributed by atoms with Crippen molar-refractivity contribution in [1.29, 1.82) is 0 Å². The highest BCUT2D eigenvalue weighted by molar-refractivity contribution is 5.99. The van der Waals surface area contributed by atoms with E-state index in [1.54, 1.807) is 12.4 Å². The number of pyridine rings is 1. The highest BCUT2D eigenvalue weighted by atomic mass is 16.2. The van der Waals surface area contributed by atoms with Gasteiger partial charge in [-0.25, -0.2) is 4.98 Å². The summed E-state index contributed by atoms with van der Waals surface area (Å²) in [4.78, 5) is 21.9. The molecule has 2 saturated heterocycles. The molecule has 7 nitrogen and oxygen atoms in total. The Morgan fingerprint density at radius 2 is 2.00 bits per heavy atom. The Kier molecular flexibility index (Phi) is 5.13. The number of aromatic nitrogens is 4. The van der Waals surface area contributed by atoms with Gasteiger partial charge in [-0.2, -0.15) is 0 Å². The summed E-state index contributed by atoms with van der Waals surface area (Å²) in [6.45, 7) is 4.44. The van der Waals surface area contributed by atoms with Crippen LogP contribution in [0.4, 0.5) is 5.82 Å². The fourth-order valence-corrected chi connectivity index (χ4v) is 4.08. The van der Waals surface area contributed by atoms with Crippen molar-refractivity contribution in [3.8, 4) is 0 Å². The number of nitrogens with zero attached hydrogens (tertiary/aromatic N) is 6. The Morgan fingerprint density at radius 3 is 2.81 bits per heavy atom. The molecule has 4 heterocycles. The molecule has 138 valence electrons. The first kappa shape index (κ1) is 17.0. The van der Waals surface area contributed by atoms with Crippen LogP contribution < -0.4 is 4.90 Å². The number of carbonyl (C=O) groups excluding carboxylic acids is 1. The summed E-state index contributed by atoms with van der Waals surface area (Å²) in [5.74, 6) is 1.46. The van der Waals surface area contributed by atoms with E-state index < -0.39 is 0 Å². The lowest BCUT2D eigenvalue weighted by molar-refractivity contribution is 0.0724. The molecule has 0 saturated carbocycles. The van der Waals surface area contributed by atoms with Crippen LogP contribution in [0.15, 0.2) is 30.7 Å². The van der Waals surface area contributed by atoms with Crippen molar-refractivity contribution < 1.29 is 4.79 Å². The van der Waals surface area contributed by atoms with Gasteiger partial charge < -0.3 is 9.80 Å². The van der Waals surface area contributed by atoms with Gasteiger partial charge in [-0.3, -0.25) is 9.48 Å². The number of hydrogen-bond acceptors (Lipinski definition) is 5. The lowest BCUT2D eigenvalue weighted by atomic mass is 9.97. The van der Waals surface area contributed by atoms with E-state index in [1.165, 1.54) is 12.8 Å². The minimum Gasteiger partial charge on any atom is -0.356 e. The van der Waals surface area contributed by atoms with Crippen LogP contribution in [0.1, 0.15) is 42.5 Å². The number of likely N-dealkylation sites (tertiary alicyclic amines) is 1. The van der Waals surface area contributed by atoms with Crippen LogP contribution in [0.25, 0.3) is 0 Å². The van der Waals surface area contributed by atoms with E-state index in [0.29, 0.717) is 5.92 Å². The van der Waals surface area contributed by atoms with Gasteiger partial charge in [0, 0.05) is 45.1 Å². The normalized spacial score (nSPS) is 21.0. The van der Waals surface area contributed by atoms with Crippen LogP contribution in [0.5, 0.6) is 0 Å². The van der Waals surface area contributed by atoms with Gasteiger partial charge in [0.25, 0.3) is 5.91 Å². The summed E-state index contributed by atoms with van der Waals surface area (Å²) in [5.41, 5.74) is 0.746. The molecule has 7 heteroatoms. The van der Waals surface area contributed by atoms with Crippen LogP contribution in [0, 0.1) is 5.92 Å². The quantitative estimate of drug-likeness (QED) is 0.842. The Balaban J connectivity index is 1.50. The topological polar surface area (TPSA) is 67.2 Å². The van der Waals surface area contributed by atoms with Crippen LogP contribution in [0.2, 0.25) is 0 Å². The van der Waals surface area contributed by atoms with Crippen molar-refractivity contribution in [3.05, 3.63) is 36.3 Å². The smallest absolute Gasteiger partial charge is 0.257 e. The molecule has 0 spiro atoms. The molecule has 0 aliphatic carbocycles. The molecule has 2 fully saturated rings. The van der Waals surface area contributed by atoms with Gasteiger partial charge >= 0.3 is 0 Å². The number of hydrogen-bond donors (Lipinski definition) is 0. The molecule has 2 aromatic rings. The Morgan fingerprint density at radius 1 is 1.12 bits per heavy atom. The largest absolute Gasteiger partial charge is 0.356 e. The second-order valence-electron chi connectivity index (χ2n) is 7.31. The molecule has 1 atom stereocenters. The fourth-order valence-electron chi connectivity index (χ4n) is 4.08. The molecule has 2 aliphatic rings. The third kappa shape index (κ3) is 3.71. The van der Waals surface area contributed by atoms with Crippen molar-refractivity contribution in [2.45, 2.75) is 38.6 Å². The first-order chi connectivity index (χ1) is 12.8. The maximum Gasteiger partial charge on any atom is 0.257 e. The summed E-state index contributed by atoms with van der Waals surface area (Å²) in [7, 11) is 0. The van der Waals surface area contributed by atoms with Gasteiger partial charge in [0.05, 0.1) is 11.8 Å². The molecule has 1 unspecified atom stereocenters. The van der Waals surface area contributed by atoms with E-state index in [2.05, 4.69) is 20.2 Å². The van der Waals surface area contributed by atoms with Gasteiger partial charge in [-0.15, -0.1) is 5.10 Å². The van der Waals surface area contributed by atoms with Crippen LogP contribution in [-0.2, 0) is 6.54 Å². The summed E-state index contributed by atoms with van der Waals surface area (Å²) in [5, 5.41) is 7.98. The van der Waals surface area contributed by atoms with E-state index >= 15 is 0 Å². The standard InChI is InChI=1S/C19H26N6O/c26-19(23-10-2-1-3-11-23)17-7-4-8-20-18(17)24-12-5-6-16(14-24)15-25-13-9-21-22-25/h4,7-9,13,16H,1-3,5-6,10-12,14-15H2. The molecular formula is C19H26N6O. The number of amides is 1. The maximum absolute atomic E-state index is 13.0. The third-order valence-electron chi connectivity index (χ3n) is 5.40. The highest BCUT2D eigenvalue weighted by Crippen LogP contribution is 2.26. The average molecular weight is 354 g/mol. The van der Waals surface area contributed by atoms with Crippen molar-refractivity contribution in [3.63, 3.8) is 0 Å². The first-order valence-corrected chi connectivity index (χ1v) is 9.64. The van der Waals surface area contributed by atoms with Crippen molar-refractivity contribution in [2.24, 2.45) is 5.92 Å². The summed E-state index contributed by atoms with van der Waals surface area (Å²) in [6.07, 6.45) is 11.1. The van der Waals surface area contributed by atoms with Gasteiger partial charge in [-0.05, 0) is 50.2 Å². The molecule has 2 aromatic heterocycles. The molecule has 2 aliphatic heterocycles. The maximum atomic E-state index is 13.0. The molecule has 4 rings (SSSR count). The van der Waals surface area contributed by atoms with Crippen LogP contribution in [-0.4, -0.2) is 57.0 Å². The minimum absolute atomic E-state index is 0.131. The lowest BCUT2D eigenvalue weighted by Gasteiger charge is -2.35. The van der Waals surface area contributed by atoms with Crippen LogP contribution in [0.3, 0.4) is 0 Å². The molecule has 0 radical (unpaired) electrons. The average Bonchev–Trinajstić information content (AvgIpc) is 3.21. The van der Waals surface area contributed by atoms with E-state index in [4.69, 9.17) is 0 Å². The van der Waals surface area contributed by atoms with E-state index in [1.807, 2.05) is 27.9 Å². The molecule has 1 amide bonds. The predicted molar refractivity (Wildman–Crippen MR) is 99.0 cm³/mol. The molecule has 0 N–H and O–H groups in total. The number of piperidine rings is 2. The van der Waals surface area contributed by atoms with Crippen molar-refractivity contribution >= 4 is 11.7 Å². The lowest BCUT2D eigenvalue weighted by Crippen LogP contribution is -2.40. The molecular weight excluding hydrogens is 328 g/mol. The highest BCUT2D eigenvalue weighted by Gasteiger charge is 2.27. The first-order valence-electron chi connectivity index (χ1n) is 9.64. The minimum atomic E-state index is 0.131. The van der Waals surface area contributed by atoms with Crippen LogP contribution >= 0.6 is 0 Å². The van der Waals surface area contributed by atoms with Gasteiger partial charge in [0.1, 0.15) is 5.82 Å². The molecule has 0 aromatic carbocycles. The van der Waals surface area contributed by atoms with Gasteiger partial charge in [0.2, 0.25) is 0 Å². The number of carbonyl (C=O) groups is 1. The predicted octanol–water partition coefficient (Wildman–Crippen LogP) is 2.22. The van der Waals surface area contributed by atoms with Crippen molar-refractivity contribution in [2.75, 3.05) is 31.1 Å². The fraction of sp³-hybridized carbons (Fsp3) is 0.579. The summed E-state index contributed by atoms with van der Waals surface area (Å²) < 4.78 is 1.90. The second-order valence-corrected chi connectivity index (χ2v) is 7.31. The monoisotopic (exact) mass is 354 g/mol.